The van der Waals surface area contributed by atoms with E-state index in [0.717, 1.165) is 23.7 Å². The Morgan fingerprint density at radius 1 is 1.25 bits per heavy atom. The lowest BCUT2D eigenvalue weighted by molar-refractivity contribution is 0.220. The van der Waals surface area contributed by atoms with Crippen molar-refractivity contribution in [3.05, 3.63) is 0 Å². The highest BCUT2D eigenvalue weighted by Gasteiger charge is 2.24. The van der Waals surface area contributed by atoms with Crippen LogP contribution in [0.3, 0.4) is 0 Å². The first-order valence-corrected chi connectivity index (χ1v) is 9.18. The monoisotopic (exact) mass is 298 g/mol. The maximum absolute atomic E-state index is 4.38. The van der Waals surface area contributed by atoms with Crippen LogP contribution in [-0.2, 0) is 0 Å². The van der Waals surface area contributed by atoms with Crippen LogP contribution in [0.4, 0.5) is 0 Å². The molecule has 1 aliphatic carbocycles. The third kappa shape index (κ3) is 4.85. The minimum Gasteiger partial charge on any atom is -0.356 e. The zero-order chi connectivity index (χ0) is 14.4. The lowest BCUT2D eigenvalue weighted by atomic mass is 9.97. The number of thioether (sulfide) groups is 1. The van der Waals surface area contributed by atoms with Crippen LogP contribution in [0, 0.1) is 5.92 Å². The number of nitrogens with zero attached hydrogens (tertiary/aromatic N) is 2. The van der Waals surface area contributed by atoms with Gasteiger partial charge >= 0.3 is 0 Å². The molecule has 116 valence electrons. The van der Waals surface area contributed by atoms with Crippen LogP contribution >= 0.6 is 11.8 Å². The molecule has 0 aromatic heterocycles. The molecule has 1 heterocycles. The first kappa shape index (κ1) is 16.0. The van der Waals surface area contributed by atoms with Gasteiger partial charge < -0.3 is 15.5 Å². The largest absolute Gasteiger partial charge is 0.356 e. The van der Waals surface area contributed by atoms with Crippen LogP contribution in [0.25, 0.3) is 0 Å². The summed E-state index contributed by atoms with van der Waals surface area (Å²) < 4.78 is 0. The summed E-state index contributed by atoms with van der Waals surface area (Å²) in [5.41, 5.74) is 0. The molecule has 0 bridgehead atoms. The van der Waals surface area contributed by atoms with Crippen molar-refractivity contribution in [1.29, 1.82) is 0 Å². The van der Waals surface area contributed by atoms with Gasteiger partial charge in [-0.25, -0.2) is 0 Å². The molecule has 2 N–H and O–H groups in total. The quantitative estimate of drug-likeness (QED) is 0.613. The average Bonchev–Trinajstić information content (AvgIpc) is 2.93. The van der Waals surface area contributed by atoms with Gasteiger partial charge in [0.05, 0.1) is 0 Å². The van der Waals surface area contributed by atoms with E-state index in [1.807, 2.05) is 18.8 Å². The van der Waals surface area contributed by atoms with Crippen LogP contribution in [0.2, 0.25) is 0 Å². The highest BCUT2D eigenvalue weighted by Crippen LogP contribution is 2.28. The summed E-state index contributed by atoms with van der Waals surface area (Å²) in [6, 6.07) is 0.608. The molecule has 2 aliphatic rings. The molecule has 20 heavy (non-hydrogen) atoms. The zero-order valence-electron chi connectivity index (χ0n) is 13.2. The Morgan fingerprint density at radius 3 is 2.60 bits per heavy atom. The van der Waals surface area contributed by atoms with E-state index in [-0.39, 0.29) is 0 Å². The molecule has 0 spiro atoms. The topological polar surface area (TPSA) is 39.7 Å². The Morgan fingerprint density at radius 2 is 2.00 bits per heavy atom. The lowest BCUT2D eigenvalue weighted by Gasteiger charge is -2.29. The Balaban J connectivity index is 1.68. The molecule has 2 fully saturated rings. The Hall–Kier alpha value is -0.420. The normalized spacial score (nSPS) is 29.6. The predicted molar refractivity (Wildman–Crippen MR) is 89.7 cm³/mol. The Kier molecular flexibility index (Phi) is 6.49. The summed E-state index contributed by atoms with van der Waals surface area (Å²) >= 11 is 2.00. The fourth-order valence-corrected chi connectivity index (χ4v) is 3.98. The molecule has 0 radical (unpaired) electrons. The van der Waals surface area contributed by atoms with Crippen molar-refractivity contribution >= 4 is 17.7 Å². The van der Waals surface area contributed by atoms with Crippen molar-refractivity contribution in [2.45, 2.75) is 43.4 Å². The molecule has 1 saturated heterocycles. The summed E-state index contributed by atoms with van der Waals surface area (Å²) in [6.07, 6.45) is 8.72. The molecular formula is C15H30N4S. The second-order valence-corrected chi connectivity index (χ2v) is 7.35. The maximum atomic E-state index is 4.38. The van der Waals surface area contributed by atoms with Crippen LogP contribution in [0.15, 0.2) is 4.99 Å². The number of nitrogens with one attached hydrogen (secondary N) is 2. The number of hydrogen-bond donors (Lipinski definition) is 2. The first-order chi connectivity index (χ1) is 9.71. The zero-order valence-corrected chi connectivity index (χ0v) is 14.0. The van der Waals surface area contributed by atoms with E-state index in [9.17, 15) is 0 Å². The summed E-state index contributed by atoms with van der Waals surface area (Å²) in [5, 5.41) is 7.95. The SMILES string of the molecule is CN=C(NCC1CCN(C)CC1)NC1CCC(SC)C1. The van der Waals surface area contributed by atoms with Gasteiger partial charge in [-0.1, -0.05) is 0 Å². The van der Waals surface area contributed by atoms with E-state index < -0.39 is 0 Å². The van der Waals surface area contributed by atoms with E-state index >= 15 is 0 Å². The van der Waals surface area contributed by atoms with E-state index in [0.29, 0.717) is 6.04 Å². The van der Waals surface area contributed by atoms with Gasteiger partial charge in [0.2, 0.25) is 0 Å². The van der Waals surface area contributed by atoms with Gasteiger partial charge in [-0.2, -0.15) is 11.8 Å². The highest BCUT2D eigenvalue weighted by atomic mass is 32.2. The number of guanidine groups is 1. The van der Waals surface area contributed by atoms with Gasteiger partial charge in [0, 0.05) is 24.9 Å². The molecule has 2 unspecified atom stereocenters. The molecule has 2 atom stereocenters. The maximum Gasteiger partial charge on any atom is 0.191 e. The number of piperidine rings is 1. The predicted octanol–water partition coefficient (Wildman–Crippen LogP) is 1.78. The van der Waals surface area contributed by atoms with Gasteiger partial charge in [-0.3, -0.25) is 4.99 Å². The van der Waals surface area contributed by atoms with E-state index in [1.54, 1.807) is 0 Å². The Bertz CT molecular complexity index is 313. The molecule has 2 rings (SSSR count). The second-order valence-electron chi connectivity index (χ2n) is 6.21. The fourth-order valence-electron chi connectivity index (χ4n) is 3.18. The van der Waals surface area contributed by atoms with Crippen LogP contribution in [0.1, 0.15) is 32.1 Å². The Labute approximate surface area is 128 Å². The number of hydrogen-bond acceptors (Lipinski definition) is 3. The average molecular weight is 299 g/mol. The third-order valence-electron chi connectivity index (χ3n) is 4.68. The molecule has 0 amide bonds. The standard InChI is InChI=1S/C15H30N4S/c1-16-15(18-13-4-5-14(10-13)20-3)17-11-12-6-8-19(2)9-7-12/h12-14H,4-11H2,1-3H3,(H2,16,17,18). The van der Waals surface area contributed by atoms with E-state index in [1.165, 1.54) is 45.2 Å². The van der Waals surface area contributed by atoms with Crippen LogP contribution in [0.5, 0.6) is 0 Å². The summed E-state index contributed by atoms with van der Waals surface area (Å²) in [4.78, 5) is 6.80. The summed E-state index contributed by atoms with van der Waals surface area (Å²) in [5.74, 6) is 1.79. The molecule has 4 nitrogen and oxygen atoms in total. The van der Waals surface area contributed by atoms with Gasteiger partial charge in [0.1, 0.15) is 0 Å². The van der Waals surface area contributed by atoms with Crippen molar-refractivity contribution in [1.82, 2.24) is 15.5 Å². The molecule has 0 aromatic rings. The van der Waals surface area contributed by atoms with Crippen molar-refractivity contribution in [2.75, 3.05) is 40.0 Å². The molecule has 0 aromatic carbocycles. The van der Waals surface area contributed by atoms with Crippen molar-refractivity contribution in [3.63, 3.8) is 0 Å². The van der Waals surface area contributed by atoms with Crippen molar-refractivity contribution in [2.24, 2.45) is 10.9 Å². The van der Waals surface area contributed by atoms with E-state index in [4.69, 9.17) is 0 Å². The van der Waals surface area contributed by atoms with Crippen molar-refractivity contribution < 1.29 is 0 Å². The van der Waals surface area contributed by atoms with Gasteiger partial charge in [0.25, 0.3) is 0 Å². The molecule has 1 saturated carbocycles. The van der Waals surface area contributed by atoms with Gasteiger partial charge in [-0.15, -0.1) is 0 Å². The molecular weight excluding hydrogens is 268 g/mol. The number of rotatable bonds is 4. The van der Waals surface area contributed by atoms with Crippen molar-refractivity contribution in [3.8, 4) is 0 Å². The number of likely N-dealkylation sites (tertiary alicyclic amines) is 1. The summed E-state index contributed by atoms with van der Waals surface area (Å²) in [6.45, 7) is 3.53. The lowest BCUT2D eigenvalue weighted by Crippen LogP contribution is -2.45. The highest BCUT2D eigenvalue weighted by molar-refractivity contribution is 7.99. The van der Waals surface area contributed by atoms with Gasteiger partial charge in [-0.05, 0) is 64.4 Å². The second kappa shape index (κ2) is 8.13. The summed E-state index contributed by atoms with van der Waals surface area (Å²) in [7, 11) is 4.09. The van der Waals surface area contributed by atoms with Crippen LogP contribution in [-0.4, -0.2) is 62.1 Å². The fraction of sp³-hybridized carbons (Fsp3) is 0.933. The third-order valence-corrected chi connectivity index (χ3v) is 5.77. The smallest absolute Gasteiger partial charge is 0.191 e. The molecule has 1 aliphatic heterocycles. The minimum atomic E-state index is 0.608. The molecule has 5 heteroatoms. The van der Waals surface area contributed by atoms with Crippen LogP contribution < -0.4 is 10.6 Å². The number of aliphatic imine (C=N–C) groups is 1. The van der Waals surface area contributed by atoms with Gasteiger partial charge in [0.15, 0.2) is 5.96 Å². The van der Waals surface area contributed by atoms with E-state index in [2.05, 4.69) is 33.8 Å². The minimum absolute atomic E-state index is 0.608. The first-order valence-electron chi connectivity index (χ1n) is 7.89.